The average Bonchev–Trinajstić information content (AvgIpc) is 2.50. The maximum atomic E-state index is 12.2. The summed E-state index contributed by atoms with van der Waals surface area (Å²) in [7, 11) is 0. The number of benzene rings is 1. The molecule has 0 unspecified atom stereocenters. The molecule has 120 valence electrons. The molecule has 6 nitrogen and oxygen atoms in total. The van der Waals surface area contributed by atoms with Crippen molar-refractivity contribution < 1.29 is 24.3 Å². The van der Waals surface area contributed by atoms with Crippen LogP contribution in [0.4, 0.5) is 4.79 Å². The minimum atomic E-state index is -1.96. The largest absolute Gasteiger partial charge is 0.443 e. The van der Waals surface area contributed by atoms with Gasteiger partial charge in [0.25, 0.3) is 0 Å². The van der Waals surface area contributed by atoms with E-state index in [0.717, 1.165) is 12.5 Å². The molecule has 0 bridgehead atoms. The van der Waals surface area contributed by atoms with Gasteiger partial charge in [-0.25, -0.2) is 4.79 Å². The predicted octanol–water partition coefficient (Wildman–Crippen LogP) is 2.59. The van der Waals surface area contributed by atoms with E-state index in [4.69, 9.17) is 4.74 Å². The molecule has 1 amide bonds. The molecule has 1 rings (SSSR count). The molecule has 0 aliphatic heterocycles. The third kappa shape index (κ3) is 3.71. The number of hydrogen-bond acceptors (Lipinski definition) is 5. The molecule has 22 heavy (non-hydrogen) atoms. The van der Waals surface area contributed by atoms with Gasteiger partial charge in [0.1, 0.15) is 6.61 Å². The Labute approximate surface area is 129 Å². The van der Waals surface area contributed by atoms with Crippen LogP contribution in [0.3, 0.4) is 0 Å². The molecule has 6 heteroatoms. The van der Waals surface area contributed by atoms with E-state index in [1.54, 1.807) is 38.1 Å². The second-order valence-electron chi connectivity index (χ2n) is 5.50. The van der Waals surface area contributed by atoms with Gasteiger partial charge in [-0.2, -0.15) is 5.06 Å². The number of carbonyl (C=O) groups is 3. The first-order valence-electron chi connectivity index (χ1n) is 6.96. The maximum Gasteiger partial charge on any atom is 0.435 e. The first kappa shape index (κ1) is 17.8. The van der Waals surface area contributed by atoms with Crippen LogP contribution in [0.15, 0.2) is 30.3 Å². The predicted molar refractivity (Wildman–Crippen MR) is 79.2 cm³/mol. The maximum absolute atomic E-state index is 12.2. The summed E-state index contributed by atoms with van der Waals surface area (Å²) in [4.78, 5) is 35.9. The Balaban J connectivity index is 2.86. The van der Waals surface area contributed by atoms with Gasteiger partial charge < -0.3 is 4.74 Å². The lowest BCUT2D eigenvalue weighted by atomic mass is 9.85. The molecular formula is C16H21NO5. The summed E-state index contributed by atoms with van der Waals surface area (Å²) in [6, 6.07) is 8.87. The topological polar surface area (TPSA) is 83.9 Å². The summed E-state index contributed by atoms with van der Waals surface area (Å²) in [5, 5.41) is 10.1. The highest BCUT2D eigenvalue weighted by molar-refractivity contribution is 6.12. The van der Waals surface area contributed by atoms with E-state index >= 15 is 0 Å². The number of hydrogen-bond donors (Lipinski definition) is 1. The molecule has 0 spiro atoms. The summed E-state index contributed by atoms with van der Waals surface area (Å²) in [5.41, 5.74) is -1.23. The van der Waals surface area contributed by atoms with E-state index < -0.39 is 29.1 Å². The van der Waals surface area contributed by atoms with Gasteiger partial charge in [0, 0.05) is 5.92 Å². The van der Waals surface area contributed by atoms with Crippen molar-refractivity contribution in [2.24, 2.45) is 5.92 Å². The molecule has 1 atom stereocenters. The van der Waals surface area contributed by atoms with Crippen LogP contribution in [0.1, 0.15) is 33.3 Å². The fraction of sp³-hybridized carbons (Fsp3) is 0.438. The molecule has 0 heterocycles. The van der Waals surface area contributed by atoms with Crippen molar-refractivity contribution in [3.63, 3.8) is 0 Å². The molecule has 0 aromatic heterocycles. The monoisotopic (exact) mass is 307 g/mol. The summed E-state index contributed by atoms with van der Waals surface area (Å²) in [6.07, 6.45) is -1.14. The number of ketones is 2. The highest BCUT2D eigenvalue weighted by Gasteiger charge is 2.48. The van der Waals surface area contributed by atoms with Crippen LogP contribution < -0.4 is 0 Å². The van der Waals surface area contributed by atoms with Crippen LogP contribution in [0.5, 0.6) is 0 Å². The lowest BCUT2D eigenvalue weighted by Gasteiger charge is -2.33. The van der Waals surface area contributed by atoms with Crippen molar-refractivity contribution in [3.8, 4) is 0 Å². The molecule has 0 saturated carbocycles. The molecule has 1 N–H and O–H groups in total. The normalized spacial score (nSPS) is 13.4. The van der Waals surface area contributed by atoms with Gasteiger partial charge >= 0.3 is 6.09 Å². The van der Waals surface area contributed by atoms with Gasteiger partial charge in [0.15, 0.2) is 17.1 Å². The quantitative estimate of drug-likeness (QED) is 0.496. The highest BCUT2D eigenvalue weighted by atomic mass is 16.6. The van der Waals surface area contributed by atoms with Crippen molar-refractivity contribution in [3.05, 3.63) is 35.9 Å². The van der Waals surface area contributed by atoms with E-state index in [1.807, 2.05) is 6.07 Å². The SMILES string of the molecule is CC(=O)[C@](C)(C(=O)C(C)C)N(O)C(=O)OCc1ccccc1. The van der Waals surface area contributed by atoms with Crippen LogP contribution in [-0.2, 0) is 20.9 Å². The van der Waals surface area contributed by atoms with E-state index in [1.165, 1.54) is 6.92 Å². The third-order valence-electron chi connectivity index (χ3n) is 3.49. The molecule has 1 aromatic carbocycles. The molecule has 0 aliphatic carbocycles. The van der Waals surface area contributed by atoms with E-state index in [9.17, 15) is 19.6 Å². The van der Waals surface area contributed by atoms with Gasteiger partial charge in [0.05, 0.1) is 0 Å². The Morgan fingerprint density at radius 2 is 1.77 bits per heavy atom. The fourth-order valence-electron chi connectivity index (χ4n) is 1.95. The minimum Gasteiger partial charge on any atom is -0.443 e. The molecule has 0 aliphatic rings. The number of nitrogens with zero attached hydrogens (tertiary/aromatic N) is 1. The highest BCUT2D eigenvalue weighted by Crippen LogP contribution is 2.21. The van der Waals surface area contributed by atoms with Gasteiger partial charge in [-0.1, -0.05) is 44.2 Å². The Bertz CT molecular complexity index is 555. The Morgan fingerprint density at radius 1 is 1.23 bits per heavy atom. The van der Waals surface area contributed by atoms with Crippen molar-refractivity contribution >= 4 is 17.7 Å². The van der Waals surface area contributed by atoms with Gasteiger partial charge in [0.2, 0.25) is 0 Å². The Morgan fingerprint density at radius 3 is 2.23 bits per heavy atom. The number of Topliss-reactive ketones (excluding diaryl/α,β-unsaturated/α-hetero) is 2. The second kappa shape index (κ2) is 7.17. The smallest absolute Gasteiger partial charge is 0.435 e. The standard InChI is InChI=1S/C16H21NO5/c1-11(2)14(19)16(4,12(3)18)17(21)15(20)22-10-13-8-6-5-7-9-13/h5-9,11,21H,10H2,1-4H3/t16-/m1/s1. The van der Waals surface area contributed by atoms with Crippen LogP contribution >= 0.6 is 0 Å². The molecular weight excluding hydrogens is 286 g/mol. The molecule has 0 fully saturated rings. The zero-order chi connectivity index (χ0) is 16.9. The minimum absolute atomic E-state index is 0.0689. The average molecular weight is 307 g/mol. The van der Waals surface area contributed by atoms with Crippen LogP contribution in [0, 0.1) is 5.92 Å². The van der Waals surface area contributed by atoms with Crippen LogP contribution in [-0.4, -0.2) is 33.5 Å². The van der Waals surface area contributed by atoms with Crippen LogP contribution in [0.25, 0.3) is 0 Å². The zero-order valence-corrected chi connectivity index (χ0v) is 13.2. The molecule has 0 saturated heterocycles. The number of amides is 1. The first-order chi connectivity index (χ1) is 10.2. The number of ether oxygens (including phenoxy) is 1. The third-order valence-corrected chi connectivity index (χ3v) is 3.49. The van der Waals surface area contributed by atoms with E-state index in [-0.39, 0.29) is 11.7 Å². The van der Waals surface area contributed by atoms with Crippen molar-refractivity contribution in [1.82, 2.24) is 5.06 Å². The summed E-state index contributed by atoms with van der Waals surface area (Å²) in [6.45, 7) is 5.47. The van der Waals surface area contributed by atoms with Gasteiger partial charge in [-0.05, 0) is 19.4 Å². The first-order valence-corrected chi connectivity index (χ1v) is 6.96. The number of hydroxylamine groups is 2. The van der Waals surface area contributed by atoms with Crippen molar-refractivity contribution in [2.75, 3.05) is 0 Å². The fourth-order valence-corrected chi connectivity index (χ4v) is 1.95. The van der Waals surface area contributed by atoms with E-state index in [2.05, 4.69) is 0 Å². The number of carbonyl (C=O) groups excluding carboxylic acids is 3. The van der Waals surface area contributed by atoms with Gasteiger partial charge in [-0.3, -0.25) is 14.8 Å². The van der Waals surface area contributed by atoms with Crippen molar-refractivity contribution in [2.45, 2.75) is 39.8 Å². The second-order valence-corrected chi connectivity index (χ2v) is 5.50. The Hall–Kier alpha value is -2.21. The zero-order valence-electron chi connectivity index (χ0n) is 13.2. The summed E-state index contributed by atoms with van der Waals surface area (Å²) < 4.78 is 4.95. The molecule has 1 aromatic rings. The lowest BCUT2D eigenvalue weighted by molar-refractivity contribution is -0.173. The van der Waals surface area contributed by atoms with Crippen LogP contribution in [0.2, 0.25) is 0 Å². The summed E-state index contributed by atoms with van der Waals surface area (Å²) >= 11 is 0. The molecule has 0 radical (unpaired) electrons. The van der Waals surface area contributed by atoms with Gasteiger partial charge in [-0.15, -0.1) is 0 Å². The lowest BCUT2D eigenvalue weighted by Crippen LogP contribution is -2.59. The number of rotatable bonds is 6. The van der Waals surface area contributed by atoms with Crippen molar-refractivity contribution in [1.29, 1.82) is 0 Å². The van der Waals surface area contributed by atoms with E-state index in [0.29, 0.717) is 0 Å². The summed E-state index contributed by atoms with van der Waals surface area (Å²) in [5.74, 6) is -1.71. The Kier molecular flexibility index (Phi) is 5.82.